The Morgan fingerprint density at radius 2 is 1.72 bits per heavy atom. The molecule has 6 nitrogen and oxygen atoms in total. The van der Waals surface area contributed by atoms with E-state index in [1.165, 1.54) is 5.19 Å². The smallest absolute Gasteiger partial charge is 0.251 e. The molecule has 0 heterocycles. The minimum Gasteiger partial charge on any atom is -0.497 e. The molecule has 2 amide bonds. The van der Waals surface area contributed by atoms with Crippen LogP contribution in [0.5, 0.6) is 5.75 Å². The SMILES string of the molecule is COc1ccc(C(NC(=O)C2(C#N)CC2)C(=O)Nc2ccc([SiH](C)C)cc2)cc1. The van der Waals surface area contributed by atoms with Crippen LogP contribution in [0.3, 0.4) is 0 Å². The molecule has 1 unspecified atom stereocenters. The zero-order valence-corrected chi connectivity index (χ0v) is 18.0. The molecule has 2 aromatic carbocycles. The van der Waals surface area contributed by atoms with E-state index < -0.39 is 26.2 Å². The van der Waals surface area contributed by atoms with Crippen LogP contribution < -0.4 is 20.6 Å². The molecule has 1 aliphatic carbocycles. The minimum absolute atomic E-state index is 0.355. The molecular weight excluding hydrogens is 382 g/mol. The lowest BCUT2D eigenvalue weighted by Gasteiger charge is -2.20. The molecule has 0 saturated heterocycles. The van der Waals surface area contributed by atoms with Crippen molar-refractivity contribution in [2.45, 2.75) is 32.0 Å². The first-order valence-corrected chi connectivity index (χ1v) is 12.5. The van der Waals surface area contributed by atoms with E-state index in [9.17, 15) is 14.9 Å². The Labute approximate surface area is 172 Å². The van der Waals surface area contributed by atoms with E-state index in [-0.39, 0.29) is 5.91 Å². The number of nitriles is 1. The van der Waals surface area contributed by atoms with Gasteiger partial charge in [0.15, 0.2) is 0 Å². The molecular formula is C22H25N3O3Si. The van der Waals surface area contributed by atoms with Crippen LogP contribution in [0.4, 0.5) is 5.69 Å². The zero-order valence-electron chi connectivity index (χ0n) is 16.9. The van der Waals surface area contributed by atoms with Gasteiger partial charge in [0, 0.05) is 5.69 Å². The van der Waals surface area contributed by atoms with Crippen molar-refractivity contribution in [1.82, 2.24) is 5.32 Å². The van der Waals surface area contributed by atoms with E-state index >= 15 is 0 Å². The van der Waals surface area contributed by atoms with E-state index in [0.717, 1.165) is 0 Å². The lowest BCUT2D eigenvalue weighted by atomic mass is 10.0. The van der Waals surface area contributed by atoms with E-state index in [0.29, 0.717) is 29.8 Å². The number of hydrogen-bond donors (Lipinski definition) is 2. The third kappa shape index (κ3) is 4.66. The van der Waals surface area contributed by atoms with Crippen LogP contribution in [-0.2, 0) is 9.59 Å². The normalized spacial score (nSPS) is 15.1. The minimum atomic E-state index is -1.01. The Bertz CT molecular complexity index is 929. The number of carbonyl (C=O) groups excluding carboxylic acids is 2. The van der Waals surface area contributed by atoms with Crippen LogP contribution in [0.25, 0.3) is 0 Å². The average Bonchev–Trinajstić information content (AvgIpc) is 3.53. The van der Waals surface area contributed by atoms with Crippen LogP contribution in [0.1, 0.15) is 24.4 Å². The summed E-state index contributed by atoms with van der Waals surface area (Å²) in [5.41, 5.74) is 0.285. The van der Waals surface area contributed by atoms with E-state index in [4.69, 9.17) is 4.74 Å². The van der Waals surface area contributed by atoms with Crippen molar-refractivity contribution in [1.29, 1.82) is 5.26 Å². The summed E-state index contributed by atoms with van der Waals surface area (Å²) < 4.78 is 5.17. The van der Waals surface area contributed by atoms with Crippen LogP contribution >= 0.6 is 0 Å². The maximum Gasteiger partial charge on any atom is 0.251 e. The van der Waals surface area contributed by atoms with Gasteiger partial charge in [-0.05, 0) is 42.7 Å². The number of benzene rings is 2. The predicted molar refractivity (Wildman–Crippen MR) is 115 cm³/mol. The summed E-state index contributed by atoms with van der Waals surface area (Å²) in [5, 5.41) is 16.3. The summed E-state index contributed by atoms with van der Waals surface area (Å²) in [4.78, 5) is 25.6. The lowest BCUT2D eigenvalue weighted by molar-refractivity contribution is -0.129. The third-order valence-electron chi connectivity index (χ3n) is 5.23. The summed E-state index contributed by atoms with van der Waals surface area (Å²) in [6.07, 6.45) is 1.04. The van der Waals surface area contributed by atoms with E-state index in [1.54, 1.807) is 31.4 Å². The van der Waals surface area contributed by atoms with Crippen molar-refractivity contribution in [3.8, 4) is 11.8 Å². The van der Waals surface area contributed by atoms with Gasteiger partial charge in [0.2, 0.25) is 5.91 Å². The van der Waals surface area contributed by atoms with Crippen molar-refractivity contribution in [3.05, 3.63) is 54.1 Å². The molecule has 0 radical (unpaired) electrons. The molecule has 0 spiro atoms. The predicted octanol–water partition coefficient (Wildman–Crippen LogP) is 2.49. The molecule has 1 saturated carbocycles. The van der Waals surface area contributed by atoms with Gasteiger partial charge in [-0.15, -0.1) is 0 Å². The van der Waals surface area contributed by atoms with Gasteiger partial charge < -0.3 is 15.4 Å². The standard InChI is InChI=1S/C22H25N3O3Si/c1-28-17-8-4-15(5-9-17)19(25-21(27)22(14-23)12-13-22)20(26)24-16-6-10-18(11-7-16)29(2)3/h4-11,19,29H,12-13H2,1-3H3,(H,24,26)(H,25,27). The molecule has 2 aromatic rings. The second-order valence-electron chi connectivity index (χ2n) is 7.64. The quantitative estimate of drug-likeness (QED) is 0.690. The number of ether oxygens (including phenoxy) is 1. The second-order valence-corrected chi connectivity index (χ2v) is 10.6. The Hall–Kier alpha value is -3.11. The maximum absolute atomic E-state index is 13.0. The summed E-state index contributed by atoms with van der Waals surface area (Å²) in [6, 6.07) is 15.9. The van der Waals surface area contributed by atoms with Gasteiger partial charge in [-0.3, -0.25) is 9.59 Å². The highest BCUT2D eigenvalue weighted by Gasteiger charge is 2.51. The zero-order chi connectivity index (χ0) is 21.0. The maximum atomic E-state index is 13.0. The average molecular weight is 408 g/mol. The Kier molecular flexibility index (Phi) is 6.04. The van der Waals surface area contributed by atoms with Gasteiger partial charge in [0.05, 0.1) is 22.0 Å². The van der Waals surface area contributed by atoms with Gasteiger partial charge in [-0.1, -0.05) is 42.5 Å². The molecule has 29 heavy (non-hydrogen) atoms. The fourth-order valence-electron chi connectivity index (χ4n) is 3.05. The van der Waals surface area contributed by atoms with E-state index in [1.807, 2.05) is 24.3 Å². The van der Waals surface area contributed by atoms with Gasteiger partial charge in [-0.2, -0.15) is 5.26 Å². The van der Waals surface area contributed by atoms with Crippen LogP contribution in [-0.4, -0.2) is 27.7 Å². The van der Waals surface area contributed by atoms with Crippen molar-refractivity contribution >= 4 is 31.5 Å². The summed E-state index contributed by atoms with van der Waals surface area (Å²) >= 11 is 0. The van der Waals surface area contributed by atoms with Crippen molar-refractivity contribution in [2.24, 2.45) is 5.41 Å². The van der Waals surface area contributed by atoms with Crippen molar-refractivity contribution in [2.75, 3.05) is 12.4 Å². The van der Waals surface area contributed by atoms with Gasteiger partial charge in [0.1, 0.15) is 17.2 Å². The molecule has 3 rings (SSSR count). The Balaban J connectivity index is 1.81. The fraction of sp³-hybridized carbons (Fsp3) is 0.318. The number of rotatable bonds is 7. The van der Waals surface area contributed by atoms with Gasteiger partial charge in [0.25, 0.3) is 5.91 Å². The number of amides is 2. The Morgan fingerprint density at radius 3 is 2.21 bits per heavy atom. The summed E-state index contributed by atoms with van der Waals surface area (Å²) in [6.45, 7) is 4.48. The first kappa shape index (κ1) is 20.6. The third-order valence-corrected chi connectivity index (χ3v) is 6.95. The molecule has 1 aliphatic rings. The van der Waals surface area contributed by atoms with Gasteiger partial charge in [-0.25, -0.2) is 0 Å². The summed E-state index contributed by atoms with van der Waals surface area (Å²) in [5.74, 6) is -0.104. The fourth-order valence-corrected chi connectivity index (χ4v) is 4.01. The second kappa shape index (κ2) is 8.49. The topological polar surface area (TPSA) is 91.2 Å². The largest absolute Gasteiger partial charge is 0.497 e. The number of nitrogens with one attached hydrogen (secondary N) is 2. The number of carbonyl (C=O) groups is 2. The molecule has 150 valence electrons. The molecule has 0 bridgehead atoms. The number of anilines is 1. The van der Waals surface area contributed by atoms with Crippen LogP contribution in [0.15, 0.2) is 48.5 Å². The highest BCUT2D eigenvalue weighted by Crippen LogP contribution is 2.45. The van der Waals surface area contributed by atoms with Gasteiger partial charge >= 0.3 is 0 Å². The molecule has 1 atom stereocenters. The Morgan fingerprint density at radius 1 is 1.10 bits per heavy atom. The lowest BCUT2D eigenvalue weighted by Crippen LogP contribution is -2.40. The van der Waals surface area contributed by atoms with E-state index in [2.05, 4.69) is 29.8 Å². The number of hydrogen-bond acceptors (Lipinski definition) is 4. The molecule has 0 aromatic heterocycles. The molecule has 1 fully saturated rings. The first-order chi connectivity index (χ1) is 13.9. The molecule has 0 aliphatic heterocycles. The number of nitrogens with zero attached hydrogens (tertiary/aromatic N) is 1. The summed E-state index contributed by atoms with van der Waals surface area (Å²) in [7, 11) is 0.654. The molecule has 7 heteroatoms. The van der Waals surface area contributed by atoms with Crippen LogP contribution in [0, 0.1) is 16.7 Å². The first-order valence-electron chi connectivity index (χ1n) is 9.65. The monoisotopic (exact) mass is 407 g/mol. The van der Waals surface area contributed by atoms with Crippen molar-refractivity contribution in [3.63, 3.8) is 0 Å². The van der Waals surface area contributed by atoms with Crippen molar-refractivity contribution < 1.29 is 14.3 Å². The van der Waals surface area contributed by atoms with Crippen LogP contribution in [0.2, 0.25) is 13.1 Å². The molecule has 2 N–H and O–H groups in total. The highest BCUT2D eigenvalue weighted by atomic mass is 28.3. The number of methoxy groups -OCH3 is 1. The highest BCUT2D eigenvalue weighted by molar-refractivity contribution is 6.70.